The van der Waals surface area contributed by atoms with E-state index in [1.54, 1.807) is 13.2 Å². The molecule has 4 heteroatoms. The van der Waals surface area contributed by atoms with E-state index in [0.717, 1.165) is 28.8 Å². The van der Waals surface area contributed by atoms with Gasteiger partial charge in [-0.2, -0.15) is 0 Å². The zero-order valence-corrected chi connectivity index (χ0v) is 13.8. The fourth-order valence-electron chi connectivity index (χ4n) is 2.26. The molecule has 1 atom stereocenters. The Hall–Kier alpha value is -1.39. The van der Waals surface area contributed by atoms with Crippen LogP contribution in [0.1, 0.15) is 30.5 Å². The second-order valence-electron chi connectivity index (χ2n) is 4.80. The summed E-state index contributed by atoms with van der Waals surface area (Å²) in [5, 5.41) is 3.41. The maximum Gasteiger partial charge on any atom is 0.129 e. The summed E-state index contributed by atoms with van der Waals surface area (Å²) in [6, 6.07) is 12.6. The number of benzene rings is 2. The minimum atomic E-state index is -0.214. The molecule has 112 valence electrons. The molecule has 2 rings (SSSR count). The van der Waals surface area contributed by atoms with Gasteiger partial charge in [-0.15, -0.1) is 0 Å². The van der Waals surface area contributed by atoms with E-state index in [4.69, 9.17) is 4.74 Å². The Morgan fingerprint density at radius 3 is 2.48 bits per heavy atom. The Bertz CT molecular complexity index is 566. The van der Waals surface area contributed by atoms with Crippen LogP contribution in [0.5, 0.6) is 5.75 Å². The van der Waals surface area contributed by atoms with Crippen LogP contribution in [-0.4, -0.2) is 13.7 Å². The molecule has 0 aliphatic carbocycles. The van der Waals surface area contributed by atoms with E-state index in [-0.39, 0.29) is 11.9 Å². The van der Waals surface area contributed by atoms with Crippen molar-refractivity contribution < 1.29 is 9.13 Å². The van der Waals surface area contributed by atoms with Gasteiger partial charge in [-0.25, -0.2) is 4.39 Å². The molecule has 0 aliphatic heterocycles. The van der Waals surface area contributed by atoms with Crippen LogP contribution >= 0.6 is 15.9 Å². The van der Waals surface area contributed by atoms with Crippen LogP contribution in [-0.2, 0) is 0 Å². The smallest absolute Gasteiger partial charge is 0.129 e. The minimum Gasteiger partial charge on any atom is -0.497 e. The SMILES string of the molecule is CCCNC(c1ccc(OC)cc1)c1c(F)cccc1Br. The molecule has 2 aromatic carbocycles. The lowest BCUT2D eigenvalue weighted by molar-refractivity contribution is 0.414. The highest BCUT2D eigenvalue weighted by molar-refractivity contribution is 9.10. The summed E-state index contributed by atoms with van der Waals surface area (Å²) in [4.78, 5) is 0. The lowest BCUT2D eigenvalue weighted by Gasteiger charge is -2.21. The van der Waals surface area contributed by atoms with E-state index in [9.17, 15) is 4.39 Å². The molecule has 21 heavy (non-hydrogen) atoms. The van der Waals surface area contributed by atoms with E-state index in [2.05, 4.69) is 28.2 Å². The quantitative estimate of drug-likeness (QED) is 0.815. The largest absolute Gasteiger partial charge is 0.497 e. The minimum absolute atomic E-state index is 0.188. The third-order valence-corrected chi connectivity index (χ3v) is 4.03. The van der Waals surface area contributed by atoms with Crippen molar-refractivity contribution in [1.82, 2.24) is 5.32 Å². The average molecular weight is 352 g/mol. The van der Waals surface area contributed by atoms with Crippen molar-refractivity contribution in [1.29, 1.82) is 0 Å². The molecule has 0 radical (unpaired) electrons. The van der Waals surface area contributed by atoms with Crippen molar-refractivity contribution in [2.75, 3.05) is 13.7 Å². The lowest BCUT2D eigenvalue weighted by Crippen LogP contribution is -2.24. The van der Waals surface area contributed by atoms with Gasteiger partial charge < -0.3 is 10.1 Å². The van der Waals surface area contributed by atoms with Crippen molar-refractivity contribution in [3.63, 3.8) is 0 Å². The summed E-state index contributed by atoms with van der Waals surface area (Å²) < 4.78 is 20.2. The standard InChI is InChI=1S/C17H19BrFNO/c1-3-11-20-17(12-7-9-13(21-2)10-8-12)16-14(18)5-4-6-15(16)19/h4-10,17,20H,3,11H2,1-2H3. The molecule has 2 nitrogen and oxygen atoms in total. The van der Waals surface area contributed by atoms with E-state index in [0.29, 0.717) is 5.56 Å². The van der Waals surface area contributed by atoms with Crippen molar-refractivity contribution in [2.45, 2.75) is 19.4 Å². The van der Waals surface area contributed by atoms with Crippen molar-refractivity contribution in [2.24, 2.45) is 0 Å². The van der Waals surface area contributed by atoms with Gasteiger partial charge >= 0.3 is 0 Å². The summed E-state index contributed by atoms with van der Waals surface area (Å²) in [5.41, 5.74) is 1.64. The summed E-state index contributed by atoms with van der Waals surface area (Å²) in [6.45, 7) is 2.91. The predicted molar refractivity (Wildman–Crippen MR) is 87.2 cm³/mol. The van der Waals surface area contributed by atoms with Crippen molar-refractivity contribution in [3.05, 3.63) is 63.9 Å². The fourth-order valence-corrected chi connectivity index (χ4v) is 2.83. The number of halogens is 2. The molecule has 1 N–H and O–H groups in total. The molecule has 0 fully saturated rings. The monoisotopic (exact) mass is 351 g/mol. The lowest BCUT2D eigenvalue weighted by atomic mass is 9.98. The Morgan fingerprint density at radius 2 is 1.90 bits per heavy atom. The molecule has 0 aliphatic rings. The zero-order chi connectivity index (χ0) is 15.2. The number of methoxy groups -OCH3 is 1. The van der Waals surface area contributed by atoms with E-state index < -0.39 is 0 Å². The third-order valence-electron chi connectivity index (χ3n) is 3.34. The topological polar surface area (TPSA) is 21.3 Å². The highest BCUT2D eigenvalue weighted by atomic mass is 79.9. The number of hydrogen-bond donors (Lipinski definition) is 1. The highest BCUT2D eigenvalue weighted by Gasteiger charge is 2.20. The van der Waals surface area contributed by atoms with Crippen LogP contribution in [0.25, 0.3) is 0 Å². The first-order chi connectivity index (χ1) is 10.2. The number of rotatable bonds is 6. The summed E-state index contributed by atoms with van der Waals surface area (Å²) in [6.07, 6.45) is 0.985. The van der Waals surface area contributed by atoms with Gasteiger partial charge in [0.1, 0.15) is 11.6 Å². The number of ether oxygens (including phenoxy) is 1. The number of hydrogen-bond acceptors (Lipinski definition) is 2. The third kappa shape index (κ3) is 3.83. The van der Waals surface area contributed by atoms with Crippen LogP contribution in [0.4, 0.5) is 4.39 Å². The highest BCUT2D eigenvalue weighted by Crippen LogP contribution is 2.31. The molecule has 0 heterocycles. The van der Waals surface area contributed by atoms with Gasteiger partial charge in [0.15, 0.2) is 0 Å². The van der Waals surface area contributed by atoms with E-state index in [1.165, 1.54) is 6.07 Å². The first-order valence-corrected chi connectivity index (χ1v) is 7.78. The van der Waals surface area contributed by atoms with E-state index in [1.807, 2.05) is 30.3 Å². The summed E-state index contributed by atoms with van der Waals surface area (Å²) in [7, 11) is 1.63. The normalized spacial score (nSPS) is 12.2. The molecule has 2 aromatic rings. The Morgan fingerprint density at radius 1 is 1.19 bits per heavy atom. The van der Waals surface area contributed by atoms with E-state index >= 15 is 0 Å². The molecule has 0 amide bonds. The molecule has 0 saturated heterocycles. The van der Waals surface area contributed by atoms with Crippen molar-refractivity contribution >= 4 is 15.9 Å². The van der Waals surface area contributed by atoms with Crippen LogP contribution in [0.15, 0.2) is 46.9 Å². The van der Waals surface area contributed by atoms with Crippen LogP contribution in [0.3, 0.4) is 0 Å². The Kier molecular flexibility index (Phi) is 5.76. The predicted octanol–water partition coefficient (Wildman–Crippen LogP) is 4.69. The van der Waals surface area contributed by atoms with Gasteiger partial charge in [-0.1, -0.05) is 41.1 Å². The Labute approximate surface area is 133 Å². The maximum atomic E-state index is 14.3. The second-order valence-corrected chi connectivity index (χ2v) is 5.65. The molecular formula is C17H19BrFNO. The van der Waals surface area contributed by atoms with Gasteiger partial charge in [-0.3, -0.25) is 0 Å². The molecule has 1 unspecified atom stereocenters. The zero-order valence-electron chi connectivity index (χ0n) is 12.2. The molecule has 0 bridgehead atoms. The average Bonchev–Trinajstić information content (AvgIpc) is 2.50. The van der Waals surface area contributed by atoms with Crippen LogP contribution in [0.2, 0.25) is 0 Å². The Balaban J connectivity index is 2.41. The summed E-state index contributed by atoms with van der Waals surface area (Å²) >= 11 is 3.46. The van der Waals surface area contributed by atoms with Gasteiger partial charge in [0, 0.05) is 10.0 Å². The maximum absolute atomic E-state index is 14.3. The fraction of sp³-hybridized carbons (Fsp3) is 0.294. The molecule has 0 saturated carbocycles. The first-order valence-electron chi connectivity index (χ1n) is 6.98. The van der Waals surface area contributed by atoms with Gasteiger partial charge in [0.2, 0.25) is 0 Å². The van der Waals surface area contributed by atoms with Crippen molar-refractivity contribution in [3.8, 4) is 5.75 Å². The molecule has 0 aromatic heterocycles. The second kappa shape index (κ2) is 7.57. The van der Waals surface area contributed by atoms with Gasteiger partial charge in [-0.05, 0) is 42.8 Å². The van der Waals surface area contributed by atoms with Crippen LogP contribution < -0.4 is 10.1 Å². The van der Waals surface area contributed by atoms with Crippen LogP contribution in [0, 0.1) is 5.82 Å². The molecule has 0 spiro atoms. The van der Waals surface area contributed by atoms with Gasteiger partial charge in [0.05, 0.1) is 13.2 Å². The molecular weight excluding hydrogens is 333 g/mol. The van der Waals surface area contributed by atoms with Gasteiger partial charge in [0.25, 0.3) is 0 Å². The summed E-state index contributed by atoms with van der Waals surface area (Å²) in [5.74, 6) is 0.578. The number of nitrogens with one attached hydrogen (secondary N) is 1. The first kappa shape index (κ1) is 16.0.